The highest BCUT2D eigenvalue weighted by Crippen LogP contribution is 2.36. The van der Waals surface area contributed by atoms with E-state index in [1.807, 2.05) is 0 Å². The monoisotopic (exact) mass is 475 g/mol. The van der Waals surface area contributed by atoms with Gasteiger partial charge in [-0.2, -0.15) is 4.31 Å². The van der Waals surface area contributed by atoms with Crippen molar-refractivity contribution in [2.45, 2.75) is 49.1 Å². The van der Waals surface area contributed by atoms with Gasteiger partial charge in [0.25, 0.3) is 5.91 Å². The summed E-state index contributed by atoms with van der Waals surface area (Å²) in [5, 5.41) is 2.25. The Hall–Kier alpha value is -3.05. The summed E-state index contributed by atoms with van der Waals surface area (Å²) in [5.41, 5.74) is 1.31. The molecule has 1 N–H and O–H groups in total. The van der Waals surface area contributed by atoms with Crippen molar-refractivity contribution in [3.63, 3.8) is 0 Å². The lowest BCUT2D eigenvalue weighted by atomic mass is 9.88. The van der Waals surface area contributed by atoms with Gasteiger partial charge in [-0.3, -0.25) is 19.7 Å². The number of carbonyl (C=O) groups is 3. The third-order valence-electron chi connectivity index (χ3n) is 6.67. The molecule has 0 spiro atoms. The molecule has 3 amide bonds. The van der Waals surface area contributed by atoms with Crippen molar-refractivity contribution in [2.24, 2.45) is 0 Å². The minimum absolute atomic E-state index is 0.0942. The first kappa shape index (κ1) is 21.8. The Balaban J connectivity index is 1.32. The summed E-state index contributed by atoms with van der Waals surface area (Å²) in [6.07, 6.45) is 3.76. The first-order valence-corrected chi connectivity index (χ1v) is 12.2. The Morgan fingerprint density at radius 3 is 2.52 bits per heavy atom. The van der Waals surface area contributed by atoms with E-state index in [9.17, 15) is 22.8 Å². The SMILES string of the molecule is O=C1CCC(N2Cc3cc(C4CCN(S(=O)(=O)c5ccoc5)CC4)c(F)cc3C2=O)C(=O)N1. The normalized spacial score (nSPS) is 22.5. The van der Waals surface area contributed by atoms with Crippen molar-refractivity contribution in [1.82, 2.24) is 14.5 Å². The quantitative estimate of drug-likeness (QED) is 0.674. The number of amides is 3. The Kier molecular flexibility index (Phi) is 5.32. The van der Waals surface area contributed by atoms with Crippen LogP contribution in [0.25, 0.3) is 0 Å². The Morgan fingerprint density at radius 2 is 1.85 bits per heavy atom. The number of benzene rings is 1. The van der Waals surface area contributed by atoms with E-state index in [0.717, 1.165) is 0 Å². The number of sulfonamides is 1. The van der Waals surface area contributed by atoms with Crippen LogP contribution >= 0.6 is 0 Å². The molecule has 1 aromatic heterocycles. The molecule has 9 nitrogen and oxygen atoms in total. The summed E-state index contributed by atoms with van der Waals surface area (Å²) >= 11 is 0. The fourth-order valence-electron chi connectivity index (χ4n) is 4.88. The molecule has 0 aliphatic carbocycles. The van der Waals surface area contributed by atoms with E-state index < -0.39 is 33.7 Å². The predicted octanol–water partition coefficient (Wildman–Crippen LogP) is 1.75. The first-order chi connectivity index (χ1) is 15.8. The van der Waals surface area contributed by atoms with E-state index in [-0.39, 0.29) is 54.8 Å². The summed E-state index contributed by atoms with van der Waals surface area (Å²) < 4.78 is 46.6. The highest BCUT2D eigenvalue weighted by Gasteiger charge is 2.40. The number of halogens is 1. The summed E-state index contributed by atoms with van der Waals surface area (Å²) in [6, 6.07) is 3.52. The van der Waals surface area contributed by atoms with Crippen LogP contribution in [-0.4, -0.2) is 54.5 Å². The molecule has 0 radical (unpaired) electrons. The van der Waals surface area contributed by atoms with E-state index in [2.05, 4.69) is 5.32 Å². The Bertz CT molecular complexity index is 1240. The third-order valence-corrected chi connectivity index (χ3v) is 8.54. The van der Waals surface area contributed by atoms with E-state index >= 15 is 4.39 Å². The van der Waals surface area contributed by atoms with Crippen LogP contribution in [0.15, 0.2) is 40.0 Å². The predicted molar refractivity (Wildman–Crippen MR) is 112 cm³/mol. The number of piperidine rings is 2. The summed E-state index contributed by atoms with van der Waals surface area (Å²) in [5.74, 6) is -2.01. The lowest BCUT2D eigenvalue weighted by Gasteiger charge is -2.31. The number of fused-ring (bicyclic) bond motifs is 1. The summed E-state index contributed by atoms with van der Waals surface area (Å²) in [4.78, 5) is 37.9. The minimum atomic E-state index is -3.65. The second kappa shape index (κ2) is 8.07. The lowest BCUT2D eigenvalue weighted by Crippen LogP contribution is -2.52. The zero-order chi connectivity index (χ0) is 23.3. The molecular weight excluding hydrogens is 453 g/mol. The van der Waals surface area contributed by atoms with Crippen molar-refractivity contribution in [3.05, 3.63) is 53.2 Å². The molecule has 1 aromatic carbocycles. The number of hydrogen-bond acceptors (Lipinski definition) is 6. The van der Waals surface area contributed by atoms with Gasteiger partial charge in [-0.15, -0.1) is 0 Å². The molecule has 3 aliphatic heterocycles. The van der Waals surface area contributed by atoms with Gasteiger partial charge in [0.1, 0.15) is 23.0 Å². The van der Waals surface area contributed by atoms with Gasteiger partial charge in [0, 0.05) is 31.6 Å². The zero-order valence-corrected chi connectivity index (χ0v) is 18.4. The number of furan rings is 1. The van der Waals surface area contributed by atoms with Gasteiger partial charge in [-0.05, 0) is 48.4 Å². The molecule has 2 aromatic rings. The smallest absolute Gasteiger partial charge is 0.255 e. The van der Waals surface area contributed by atoms with Crippen LogP contribution in [0.5, 0.6) is 0 Å². The van der Waals surface area contributed by atoms with Crippen LogP contribution in [0, 0.1) is 5.82 Å². The van der Waals surface area contributed by atoms with Crippen molar-refractivity contribution < 1.29 is 31.6 Å². The second-order valence-electron chi connectivity index (χ2n) is 8.57. The van der Waals surface area contributed by atoms with Gasteiger partial charge in [-0.25, -0.2) is 12.8 Å². The molecule has 33 heavy (non-hydrogen) atoms. The zero-order valence-electron chi connectivity index (χ0n) is 17.6. The lowest BCUT2D eigenvalue weighted by molar-refractivity contribution is -0.136. The molecule has 3 aliphatic rings. The van der Waals surface area contributed by atoms with E-state index in [4.69, 9.17) is 4.42 Å². The van der Waals surface area contributed by atoms with E-state index in [1.165, 1.54) is 33.9 Å². The molecule has 11 heteroatoms. The highest BCUT2D eigenvalue weighted by molar-refractivity contribution is 7.89. The van der Waals surface area contributed by atoms with Crippen molar-refractivity contribution in [3.8, 4) is 0 Å². The number of nitrogens with one attached hydrogen (secondary N) is 1. The number of imide groups is 1. The molecule has 1 unspecified atom stereocenters. The third kappa shape index (κ3) is 3.74. The molecule has 5 rings (SSSR count). The maximum atomic E-state index is 15.0. The minimum Gasteiger partial charge on any atom is -0.471 e. The molecule has 2 saturated heterocycles. The number of rotatable bonds is 4. The van der Waals surface area contributed by atoms with Crippen LogP contribution < -0.4 is 5.32 Å². The average Bonchev–Trinajstić information content (AvgIpc) is 3.43. The first-order valence-electron chi connectivity index (χ1n) is 10.7. The van der Waals surface area contributed by atoms with Gasteiger partial charge in [-0.1, -0.05) is 6.07 Å². The molecule has 1 atom stereocenters. The van der Waals surface area contributed by atoms with Crippen molar-refractivity contribution >= 4 is 27.7 Å². The van der Waals surface area contributed by atoms with Crippen LogP contribution in [-0.2, 0) is 26.2 Å². The van der Waals surface area contributed by atoms with Crippen LogP contribution in [0.1, 0.15) is 53.1 Å². The average molecular weight is 475 g/mol. The number of nitrogens with zero attached hydrogens (tertiary/aromatic N) is 2. The maximum Gasteiger partial charge on any atom is 0.255 e. The fourth-order valence-corrected chi connectivity index (χ4v) is 6.27. The van der Waals surface area contributed by atoms with Gasteiger partial charge in [0.05, 0.1) is 6.26 Å². The van der Waals surface area contributed by atoms with Gasteiger partial charge >= 0.3 is 0 Å². The van der Waals surface area contributed by atoms with Gasteiger partial charge in [0.15, 0.2) is 0 Å². The molecule has 0 saturated carbocycles. The van der Waals surface area contributed by atoms with Crippen LogP contribution in [0.4, 0.5) is 4.39 Å². The Morgan fingerprint density at radius 1 is 1.09 bits per heavy atom. The topological polar surface area (TPSA) is 117 Å². The fraction of sp³-hybridized carbons (Fsp3) is 0.409. The van der Waals surface area contributed by atoms with Crippen molar-refractivity contribution in [1.29, 1.82) is 0 Å². The van der Waals surface area contributed by atoms with Crippen LogP contribution in [0.3, 0.4) is 0 Å². The van der Waals surface area contributed by atoms with E-state index in [1.54, 1.807) is 6.07 Å². The standard InChI is InChI=1S/C22H22FN3O6S/c23-18-10-17-14(11-26(22(17)29)19-1-2-20(27)24-21(19)28)9-16(18)13-3-6-25(7-4-13)33(30,31)15-5-8-32-12-15/h5,8-10,12-13,19H,1-4,6-7,11H2,(H,24,27,28). The molecular formula is C22H22FN3O6S. The van der Waals surface area contributed by atoms with Gasteiger partial charge < -0.3 is 9.32 Å². The van der Waals surface area contributed by atoms with E-state index in [0.29, 0.717) is 24.0 Å². The molecule has 2 fully saturated rings. The summed E-state index contributed by atoms with van der Waals surface area (Å²) in [6.45, 7) is 0.660. The molecule has 4 heterocycles. The van der Waals surface area contributed by atoms with Gasteiger partial charge in [0.2, 0.25) is 21.8 Å². The molecule has 174 valence electrons. The Labute approximate surface area is 189 Å². The largest absolute Gasteiger partial charge is 0.471 e. The maximum absolute atomic E-state index is 15.0. The molecule has 0 bridgehead atoms. The van der Waals surface area contributed by atoms with Crippen LogP contribution in [0.2, 0.25) is 0 Å². The highest BCUT2D eigenvalue weighted by atomic mass is 32.2. The number of hydrogen-bond donors (Lipinski definition) is 1. The second-order valence-corrected chi connectivity index (χ2v) is 10.5. The number of carbonyl (C=O) groups excluding carboxylic acids is 3. The summed E-state index contributed by atoms with van der Waals surface area (Å²) in [7, 11) is -3.65. The van der Waals surface area contributed by atoms with Crippen molar-refractivity contribution in [2.75, 3.05) is 13.1 Å².